The Kier molecular flexibility index (Phi) is 5.88. The molecule has 0 aliphatic carbocycles. The average molecular weight is 446 g/mol. The number of benzene rings is 2. The molecule has 3 aromatic rings. The van der Waals surface area contributed by atoms with Crippen molar-refractivity contribution < 1.29 is 14.3 Å². The molecule has 1 aromatic heterocycles. The molecule has 0 fully saturated rings. The molecule has 138 valence electrons. The predicted molar refractivity (Wildman–Crippen MR) is 110 cm³/mol. The standard InChI is InChI=1S/C19H16BrN3O3S/c1-11-16(18(25)22-14-4-3-5-15(10-14)26-2)27-19(21-11)23-17(24)12-6-8-13(20)9-7-12/h3-10H,1-2H3,(H,22,25)(H,21,23,24). The molecule has 0 saturated carbocycles. The van der Waals surface area contributed by atoms with Crippen LogP contribution in [-0.4, -0.2) is 23.9 Å². The minimum Gasteiger partial charge on any atom is -0.497 e. The molecule has 0 bridgehead atoms. The van der Waals surface area contributed by atoms with E-state index in [2.05, 4.69) is 31.5 Å². The van der Waals surface area contributed by atoms with Gasteiger partial charge < -0.3 is 10.1 Å². The van der Waals surface area contributed by atoms with E-state index in [1.165, 1.54) is 0 Å². The third-order valence-corrected chi connectivity index (χ3v) is 5.26. The minimum absolute atomic E-state index is 0.281. The van der Waals surface area contributed by atoms with Crippen LogP contribution in [0.5, 0.6) is 5.75 Å². The topological polar surface area (TPSA) is 80.3 Å². The molecule has 0 atom stereocenters. The molecule has 2 amide bonds. The second-order valence-corrected chi connectivity index (χ2v) is 7.50. The Morgan fingerprint density at radius 1 is 1.07 bits per heavy atom. The fourth-order valence-electron chi connectivity index (χ4n) is 2.32. The van der Waals surface area contributed by atoms with Crippen molar-refractivity contribution in [3.8, 4) is 5.75 Å². The lowest BCUT2D eigenvalue weighted by atomic mass is 10.2. The Balaban J connectivity index is 1.72. The smallest absolute Gasteiger partial charge is 0.267 e. The van der Waals surface area contributed by atoms with Gasteiger partial charge in [-0.2, -0.15) is 0 Å². The Morgan fingerprint density at radius 2 is 1.81 bits per heavy atom. The number of rotatable bonds is 5. The number of methoxy groups -OCH3 is 1. The highest BCUT2D eigenvalue weighted by atomic mass is 79.9. The minimum atomic E-state index is -0.289. The highest BCUT2D eigenvalue weighted by molar-refractivity contribution is 9.10. The first-order valence-corrected chi connectivity index (χ1v) is 9.57. The second kappa shape index (κ2) is 8.32. The molecule has 0 saturated heterocycles. The lowest BCUT2D eigenvalue weighted by Gasteiger charge is -2.06. The van der Waals surface area contributed by atoms with Gasteiger partial charge in [0.25, 0.3) is 11.8 Å². The molecule has 3 rings (SSSR count). The summed E-state index contributed by atoms with van der Waals surface area (Å²) in [6.45, 7) is 1.73. The Morgan fingerprint density at radius 3 is 2.52 bits per heavy atom. The van der Waals surface area contributed by atoms with Gasteiger partial charge in [0.1, 0.15) is 10.6 Å². The van der Waals surface area contributed by atoms with Crippen LogP contribution < -0.4 is 15.4 Å². The van der Waals surface area contributed by atoms with E-state index < -0.39 is 0 Å². The molecular formula is C19H16BrN3O3S. The van der Waals surface area contributed by atoms with E-state index in [0.717, 1.165) is 15.8 Å². The number of aromatic nitrogens is 1. The Hall–Kier alpha value is -2.71. The van der Waals surface area contributed by atoms with Crippen molar-refractivity contribution >= 4 is 49.9 Å². The average Bonchev–Trinajstić information content (AvgIpc) is 3.02. The maximum Gasteiger partial charge on any atom is 0.267 e. The van der Waals surface area contributed by atoms with Crippen LogP contribution in [0.1, 0.15) is 25.7 Å². The fraction of sp³-hybridized carbons (Fsp3) is 0.105. The van der Waals surface area contributed by atoms with Crippen LogP contribution in [0.3, 0.4) is 0 Å². The van der Waals surface area contributed by atoms with Crippen LogP contribution in [0.4, 0.5) is 10.8 Å². The van der Waals surface area contributed by atoms with Crippen molar-refractivity contribution in [2.75, 3.05) is 17.7 Å². The van der Waals surface area contributed by atoms with Gasteiger partial charge in [-0.3, -0.25) is 14.9 Å². The number of anilines is 2. The van der Waals surface area contributed by atoms with Gasteiger partial charge in [-0.05, 0) is 43.3 Å². The molecule has 27 heavy (non-hydrogen) atoms. The molecule has 6 nitrogen and oxygen atoms in total. The molecule has 8 heteroatoms. The highest BCUT2D eigenvalue weighted by Crippen LogP contribution is 2.25. The maximum absolute atomic E-state index is 12.5. The number of carbonyl (C=O) groups is 2. The van der Waals surface area contributed by atoms with Gasteiger partial charge in [-0.1, -0.05) is 33.3 Å². The normalized spacial score (nSPS) is 10.3. The molecule has 0 spiro atoms. The number of nitrogens with zero attached hydrogens (tertiary/aromatic N) is 1. The van der Waals surface area contributed by atoms with Crippen LogP contribution >= 0.6 is 27.3 Å². The van der Waals surface area contributed by atoms with Gasteiger partial charge in [0.2, 0.25) is 0 Å². The SMILES string of the molecule is COc1cccc(NC(=O)c2sc(NC(=O)c3ccc(Br)cc3)nc2C)c1. The number of hydrogen-bond donors (Lipinski definition) is 2. The number of aryl methyl sites for hydroxylation is 1. The van der Waals surface area contributed by atoms with Crippen molar-refractivity contribution in [1.82, 2.24) is 4.98 Å². The largest absolute Gasteiger partial charge is 0.497 e. The quantitative estimate of drug-likeness (QED) is 0.594. The molecule has 1 heterocycles. The van der Waals surface area contributed by atoms with Crippen molar-refractivity contribution in [3.05, 3.63) is 69.1 Å². The van der Waals surface area contributed by atoms with Crippen LogP contribution in [0.2, 0.25) is 0 Å². The van der Waals surface area contributed by atoms with E-state index >= 15 is 0 Å². The number of nitrogens with one attached hydrogen (secondary N) is 2. The summed E-state index contributed by atoms with van der Waals surface area (Å²) in [4.78, 5) is 29.6. The molecule has 0 aliphatic rings. The molecule has 2 N–H and O–H groups in total. The third kappa shape index (κ3) is 4.72. The number of thiazole rings is 1. The van der Waals surface area contributed by atoms with Gasteiger partial charge in [0, 0.05) is 21.8 Å². The third-order valence-electron chi connectivity index (χ3n) is 3.66. The van der Waals surface area contributed by atoms with E-state index in [-0.39, 0.29) is 11.8 Å². The van der Waals surface area contributed by atoms with Crippen LogP contribution in [0.25, 0.3) is 0 Å². The van der Waals surface area contributed by atoms with Gasteiger partial charge in [-0.15, -0.1) is 0 Å². The van der Waals surface area contributed by atoms with Crippen molar-refractivity contribution in [2.24, 2.45) is 0 Å². The van der Waals surface area contributed by atoms with E-state index in [1.807, 2.05) is 0 Å². The van der Waals surface area contributed by atoms with Crippen molar-refractivity contribution in [1.29, 1.82) is 0 Å². The summed E-state index contributed by atoms with van der Waals surface area (Å²) >= 11 is 4.46. The van der Waals surface area contributed by atoms with Gasteiger partial charge in [-0.25, -0.2) is 4.98 Å². The lowest BCUT2D eigenvalue weighted by molar-refractivity contribution is 0.102. The van der Waals surface area contributed by atoms with Crippen LogP contribution in [0.15, 0.2) is 53.0 Å². The second-order valence-electron chi connectivity index (χ2n) is 5.58. The number of halogens is 1. The summed E-state index contributed by atoms with van der Waals surface area (Å²) in [6, 6.07) is 14.1. The highest BCUT2D eigenvalue weighted by Gasteiger charge is 2.17. The lowest BCUT2D eigenvalue weighted by Crippen LogP contribution is -2.11. The Labute approximate surface area is 168 Å². The summed E-state index contributed by atoms with van der Waals surface area (Å²) in [5.41, 5.74) is 1.67. The summed E-state index contributed by atoms with van der Waals surface area (Å²) in [5.74, 6) is 0.0784. The number of ether oxygens (including phenoxy) is 1. The van der Waals surface area contributed by atoms with Gasteiger partial charge in [0.05, 0.1) is 12.8 Å². The van der Waals surface area contributed by atoms with Crippen LogP contribution in [0, 0.1) is 6.92 Å². The summed E-state index contributed by atoms with van der Waals surface area (Å²) in [5, 5.41) is 5.91. The van der Waals surface area contributed by atoms with Gasteiger partial charge in [0.15, 0.2) is 5.13 Å². The number of amides is 2. The monoisotopic (exact) mass is 445 g/mol. The summed E-state index contributed by atoms with van der Waals surface area (Å²) in [7, 11) is 1.56. The van der Waals surface area contributed by atoms with Gasteiger partial charge >= 0.3 is 0 Å². The molecule has 0 radical (unpaired) electrons. The molecule has 0 unspecified atom stereocenters. The first-order valence-electron chi connectivity index (χ1n) is 7.96. The zero-order valence-corrected chi connectivity index (χ0v) is 17.0. The first-order chi connectivity index (χ1) is 13.0. The zero-order chi connectivity index (χ0) is 19.4. The molecular weight excluding hydrogens is 430 g/mol. The predicted octanol–water partition coefficient (Wildman–Crippen LogP) is 4.73. The Bertz CT molecular complexity index is 986. The zero-order valence-electron chi connectivity index (χ0n) is 14.6. The molecule has 0 aliphatic heterocycles. The summed E-state index contributed by atoms with van der Waals surface area (Å²) in [6.07, 6.45) is 0. The van der Waals surface area contributed by atoms with E-state index in [1.54, 1.807) is 62.6 Å². The van der Waals surface area contributed by atoms with E-state index in [4.69, 9.17) is 4.74 Å². The number of carbonyl (C=O) groups excluding carboxylic acids is 2. The van der Waals surface area contributed by atoms with Crippen LogP contribution in [-0.2, 0) is 0 Å². The summed E-state index contributed by atoms with van der Waals surface area (Å²) < 4.78 is 6.04. The molecule has 2 aromatic carbocycles. The van der Waals surface area contributed by atoms with E-state index in [9.17, 15) is 9.59 Å². The first kappa shape index (κ1) is 19.1. The van der Waals surface area contributed by atoms with E-state index in [0.29, 0.717) is 32.7 Å². The maximum atomic E-state index is 12.5. The fourth-order valence-corrected chi connectivity index (χ4v) is 3.44. The number of hydrogen-bond acceptors (Lipinski definition) is 5. The van der Waals surface area contributed by atoms with Crippen molar-refractivity contribution in [2.45, 2.75) is 6.92 Å². The van der Waals surface area contributed by atoms with Crippen molar-refractivity contribution in [3.63, 3.8) is 0 Å².